The fraction of sp³-hybridized carbons (Fsp3) is 0.868. The minimum atomic E-state index is -0.910. The van der Waals surface area contributed by atoms with Gasteiger partial charge in [-0.3, -0.25) is 4.79 Å². The van der Waals surface area contributed by atoms with E-state index in [0.717, 1.165) is 31.1 Å². The molecule has 23 atom stereocenters. The van der Waals surface area contributed by atoms with E-state index in [1.807, 2.05) is 6.92 Å². The third-order valence-electron chi connectivity index (χ3n) is 17.8. The zero-order valence-electron chi connectivity index (χ0n) is 41.3. The first-order chi connectivity index (χ1) is 31.0. The van der Waals surface area contributed by atoms with Crippen LogP contribution in [0.15, 0.2) is 36.0 Å². The van der Waals surface area contributed by atoms with Crippen LogP contribution in [0.1, 0.15) is 146 Å². The first-order valence-electron chi connectivity index (χ1n) is 25.5. The Balaban J connectivity index is 0.822. The number of carbonyl (C=O) groups is 1. The zero-order chi connectivity index (χ0) is 46.9. The number of carbonyl (C=O) groups excluding carboxylic acids is 1. The van der Waals surface area contributed by atoms with E-state index in [9.17, 15) is 15.0 Å². The maximum absolute atomic E-state index is 11.4. The Morgan fingerprint density at radius 2 is 1.45 bits per heavy atom. The molecule has 10 aliphatic heterocycles. The second-order valence-electron chi connectivity index (χ2n) is 24.6. The number of aldehydes is 1. The lowest BCUT2D eigenvalue weighted by molar-refractivity contribution is -0.356. The molecule has 0 aromatic carbocycles. The van der Waals surface area contributed by atoms with Crippen LogP contribution >= 0.6 is 0 Å². The number of aliphatic hydroxyl groups is 2. The summed E-state index contributed by atoms with van der Waals surface area (Å²) in [4.78, 5) is 11.3. The van der Waals surface area contributed by atoms with Crippen molar-refractivity contribution < 1.29 is 62.4 Å². The molecule has 66 heavy (non-hydrogen) atoms. The van der Waals surface area contributed by atoms with Gasteiger partial charge >= 0.3 is 0 Å². The molecule has 13 nitrogen and oxygen atoms in total. The van der Waals surface area contributed by atoms with Crippen molar-refractivity contribution in [2.45, 2.75) is 278 Å². The SMILES string of the molecule is C=C(C=O)C[C@@H]1C[C@H](O)[C@]2(C)OC3CC4OC5C[C@]6(C)O[C@]7(C)CCC8OC9C[C@]%10(C)OC(/C(C)=C\C(C)(C)C)C(O)CC%10OC9C[C@@H](C)C8OC7CC6O[C@@]5(C)C/C=C\C4OC3CC2O1. The lowest BCUT2D eigenvalue weighted by Gasteiger charge is -2.60. The lowest BCUT2D eigenvalue weighted by atomic mass is 9.72. The predicted octanol–water partition coefficient (Wildman–Crippen LogP) is 6.95. The molecule has 10 heterocycles. The fourth-order valence-electron chi connectivity index (χ4n) is 14.2. The van der Waals surface area contributed by atoms with Gasteiger partial charge in [-0.1, -0.05) is 52.5 Å². The monoisotopic (exact) mass is 925 g/mol. The van der Waals surface area contributed by atoms with Gasteiger partial charge in [-0.2, -0.15) is 0 Å². The van der Waals surface area contributed by atoms with Crippen LogP contribution in [-0.2, 0) is 52.2 Å². The van der Waals surface area contributed by atoms with Crippen molar-refractivity contribution in [3.63, 3.8) is 0 Å². The summed E-state index contributed by atoms with van der Waals surface area (Å²) in [5.41, 5.74) is -1.83. The van der Waals surface area contributed by atoms with Crippen LogP contribution < -0.4 is 0 Å². The van der Waals surface area contributed by atoms with Crippen LogP contribution in [0, 0.1) is 11.3 Å². The molecule has 9 saturated heterocycles. The number of aliphatic hydroxyl groups excluding tert-OH is 2. The molecule has 0 bridgehead atoms. The van der Waals surface area contributed by atoms with E-state index in [-0.39, 0.29) is 103 Å². The lowest BCUT2D eigenvalue weighted by Crippen LogP contribution is -2.70. The van der Waals surface area contributed by atoms with Crippen molar-refractivity contribution >= 4 is 6.29 Å². The highest BCUT2D eigenvalue weighted by atomic mass is 16.6. The molecule has 0 radical (unpaired) electrons. The van der Waals surface area contributed by atoms with E-state index >= 15 is 0 Å². The number of ether oxygens (including phenoxy) is 10. The molecule has 0 aromatic heterocycles. The Labute approximate surface area is 392 Å². The average molecular weight is 925 g/mol. The minimum Gasteiger partial charge on any atom is -0.390 e. The number of allylic oxidation sites excluding steroid dienone is 1. The molecule has 0 saturated carbocycles. The fourth-order valence-corrected chi connectivity index (χ4v) is 14.2. The molecule has 10 rings (SSSR count). The maximum Gasteiger partial charge on any atom is 0.145 e. The Kier molecular flexibility index (Phi) is 12.4. The van der Waals surface area contributed by atoms with Gasteiger partial charge in [0.1, 0.15) is 24.1 Å². The zero-order valence-corrected chi connectivity index (χ0v) is 41.3. The molecule has 0 aliphatic carbocycles. The molecular formula is C53H80O13. The van der Waals surface area contributed by atoms with Crippen molar-refractivity contribution in [3.05, 3.63) is 36.0 Å². The Bertz CT molecular complexity index is 1920. The molecular weight excluding hydrogens is 845 g/mol. The van der Waals surface area contributed by atoms with E-state index in [1.165, 1.54) is 0 Å². The number of fused-ring (bicyclic) bond motifs is 9. The van der Waals surface area contributed by atoms with Gasteiger partial charge in [0.05, 0.1) is 114 Å². The molecule has 9 fully saturated rings. The highest BCUT2D eigenvalue weighted by Crippen LogP contribution is 2.55. The highest BCUT2D eigenvalue weighted by Gasteiger charge is 2.64. The number of hydrogen-bond acceptors (Lipinski definition) is 13. The van der Waals surface area contributed by atoms with E-state index in [1.54, 1.807) is 0 Å². The topological polar surface area (TPSA) is 150 Å². The Morgan fingerprint density at radius 3 is 2.21 bits per heavy atom. The van der Waals surface area contributed by atoms with Crippen LogP contribution in [0.4, 0.5) is 0 Å². The molecule has 2 N–H and O–H groups in total. The van der Waals surface area contributed by atoms with Gasteiger partial charge in [-0.15, -0.1) is 0 Å². The van der Waals surface area contributed by atoms with Crippen LogP contribution in [-0.4, -0.2) is 148 Å². The van der Waals surface area contributed by atoms with Crippen LogP contribution in [0.25, 0.3) is 0 Å². The van der Waals surface area contributed by atoms with Gasteiger partial charge in [0.15, 0.2) is 0 Å². The quantitative estimate of drug-likeness (QED) is 0.170. The maximum atomic E-state index is 11.4. The summed E-state index contributed by atoms with van der Waals surface area (Å²) < 4.78 is 70.1. The summed E-state index contributed by atoms with van der Waals surface area (Å²) in [5, 5.41) is 22.8. The molecule has 370 valence electrons. The van der Waals surface area contributed by atoms with Gasteiger partial charge in [0.2, 0.25) is 0 Å². The van der Waals surface area contributed by atoms with E-state index < -0.39 is 40.2 Å². The normalized spacial score (nSPS) is 55.3. The summed E-state index contributed by atoms with van der Waals surface area (Å²) >= 11 is 0. The first-order valence-corrected chi connectivity index (χ1v) is 25.5. The average Bonchev–Trinajstić information content (AvgIpc) is 3.43. The Hall–Kier alpha value is -1.59. The van der Waals surface area contributed by atoms with Crippen molar-refractivity contribution in [2.24, 2.45) is 11.3 Å². The van der Waals surface area contributed by atoms with Gasteiger partial charge in [0.25, 0.3) is 0 Å². The minimum absolute atomic E-state index is 0.0269. The summed E-state index contributed by atoms with van der Waals surface area (Å²) in [6.07, 6.45) is 9.87. The summed E-state index contributed by atoms with van der Waals surface area (Å²) in [6, 6.07) is 0. The molecule has 0 aromatic rings. The number of rotatable bonds is 4. The number of hydrogen-bond donors (Lipinski definition) is 2. The van der Waals surface area contributed by atoms with Gasteiger partial charge in [-0.05, 0) is 89.7 Å². The van der Waals surface area contributed by atoms with Crippen molar-refractivity contribution in [2.75, 3.05) is 0 Å². The van der Waals surface area contributed by atoms with Crippen molar-refractivity contribution in [1.29, 1.82) is 0 Å². The molecule has 13 heteroatoms. The van der Waals surface area contributed by atoms with E-state index in [2.05, 4.69) is 87.1 Å². The van der Waals surface area contributed by atoms with Crippen LogP contribution in [0.2, 0.25) is 0 Å². The van der Waals surface area contributed by atoms with E-state index in [0.29, 0.717) is 63.4 Å². The summed E-state index contributed by atoms with van der Waals surface area (Å²) in [5.74, 6) is 0.175. The standard InChI is InChI=1S/C53H80O13/c1-28(27-54)17-31-19-40(56)53(11)44(57-31)22-37-38(63-53)21-36-33(58-37)13-12-15-49(7)45(61-36)26-52(10)43(64-49)23-42-50(8,66-52)16-14-34-47(62-42)29(2)18-35-39(59-34)25-51(9)41(60-35)20-32(55)46(65-51)30(3)24-48(4,5)6/h12-13,24,27,29,31-47,55-56H,1,14-23,25-26H2,2-11H3/b13-12-,30-24-/t29-,31-,32?,33?,34?,35?,36?,37?,38?,39?,40+,41?,42?,43?,44?,45?,46?,47?,49+,50-,51+,52+,53+/m1/s1. The van der Waals surface area contributed by atoms with Gasteiger partial charge in [-0.25, -0.2) is 0 Å². The highest BCUT2D eigenvalue weighted by molar-refractivity contribution is 5.72. The predicted molar refractivity (Wildman–Crippen MR) is 244 cm³/mol. The van der Waals surface area contributed by atoms with Gasteiger partial charge < -0.3 is 57.6 Å². The second kappa shape index (κ2) is 17.0. The Morgan fingerprint density at radius 1 is 0.712 bits per heavy atom. The molecule has 15 unspecified atom stereocenters. The van der Waals surface area contributed by atoms with Gasteiger partial charge in [0, 0.05) is 51.4 Å². The second-order valence-corrected chi connectivity index (χ2v) is 24.6. The summed E-state index contributed by atoms with van der Waals surface area (Å²) in [7, 11) is 0. The van der Waals surface area contributed by atoms with Crippen molar-refractivity contribution in [3.8, 4) is 0 Å². The van der Waals surface area contributed by atoms with E-state index in [4.69, 9.17) is 47.4 Å². The smallest absolute Gasteiger partial charge is 0.145 e. The molecule has 10 aliphatic rings. The van der Waals surface area contributed by atoms with Crippen LogP contribution in [0.5, 0.6) is 0 Å². The first kappa shape index (κ1) is 48.1. The third-order valence-corrected chi connectivity index (χ3v) is 17.8. The molecule has 0 amide bonds. The largest absolute Gasteiger partial charge is 0.390 e. The molecule has 0 spiro atoms. The van der Waals surface area contributed by atoms with Crippen LogP contribution in [0.3, 0.4) is 0 Å². The third kappa shape index (κ3) is 8.60. The summed E-state index contributed by atoms with van der Waals surface area (Å²) in [6.45, 7) is 25.4. The van der Waals surface area contributed by atoms with Crippen molar-refractivity contribution in [1.82, 2.24) is 0 Å².